The zero-order valence-corrected chi connectivity index (χ0v) is 13.0. The second-order valence-corrected chi connectivity index (χ2v) is 5.58. The minimum absolute atomic E-state index is 0.111. The molecule has 2 aromatic rings. The van der Waals surface area contributed by atoms with Crippen molar-refractivity contribution in [3.05, 3.63) is 70.1 Å². The van der Waals surface area contributed by atoms with E-state index < -0.39 is 0 Å². The van der Waals surface area contributed by atoms with Crippen molar-refractivity contribution in [3.8, 4) is 0 Å². The van der Waals surface area contributed by atoms with Crippen LogP contribution in [0.5, 0.6) is 0 Å². The van der Waals surface area contributed by atoms with Gasteiger partial charge in [-0.1, -0.05) is 30.4 Å². The van der Waals surface area contributed by atoms with Crippen LogP contribution in [0, 0.1) is 0 Å². The molecule has 0 bridgehead atoms. The van der Waals surface area contributed by atoms with E-state index in [1.165, 1.54) is 11.6 Å². The predicted octanol–water partition coefficient (Wildman–Crippen LogP) is 4.21. The summed E-state index contributed by atoms with van der Waals surface area (Å²) in [4.78, 5) is 22.8. The topological polar surface area (TPSA) is 47.3 Å². The van der Waals surface area contributed by atoms with Crippen LogP contribution in [0.2, 0.25) is 0 Å². The molecule has 0 fully saturated rings. The van der Waals surface area contributed by atoms with Gasteiger partial charge in [-0.05, 0) is 50.0 Å². The molecule has 0 aliphatic heterocycles. The van der Waals surface area contributed by atoms with Crippen LogP contribution in [-0.4, -0.2) is 5.78 Å². The Morgan fingerprint density at radius 1 is 1.18 bits per heavy atom. The summed E-state index contributed by atoms with van der Waals surface area (Å²) in [7, 11) is 0. The molecule has 0 saturated carbocycles. The van der Waals surface area contributed by atoms with Gasteiger partial charge in [0.15, 0.2) is 5.78 Å². The van der Waals surface area contributed by atoms with E-state index in [1.54, 1.807) is 13.0 Å². The van der Waals surface area contributed by atoms with E-state index in [-0.39, 0.29) is 11.4 Å². The first-order chi connectivity index (χ1) is 10.5. The number of carbonyl (C=O) groups excluding carboxylic acids is 1. The van der Waals surface area contributed by atoms with Crippen LogP contribution in [-0.2, 0) is 11.2 Å². The first-order valence-corrected chi connectivity index (χ1v) is 7.33. The SMILES string of the molecule is C=C(C)C(=O)CC/C(C)=C/Cc1ccc2ccc(=O)oc2c1. The van der Waals surface area contributed by atoms with Gasteiger partial charge < -0.3 is 4.42 Å². The molecule has 2 rings (SSSR count). The first kappa shape index (κ1) is 16.0. The first-order valence-electron chi connectivity index (χ1n) is 7.33. The van der Waals surface area contributed by atoms with Crippen molar-refractivity contribution in [2.24, 2.45) is 0 Å². The van der Waals surface area contributed by atoms with Crippen LogP contribution in [0.15, 0.2) is 63.3 Å². The summed E-state index contributed by atoms with van der Waals surface area (Å²) in [6, 6.07) is 9.03. The summed E-state index contributed by atoms with van der Waals surface area (Å²) in [6.45, 7) is 7.42. The number of fused-ring (bicyclic) bond motifs is 1. The molecule has 1 heterocycles. The molecule has 0 radical (unpaired) electrons. The van der Waals surface area contributed by atoms with E-state index in [0.717, 1.165) is 23.8 Å². The van der Waals surface area contributed by atoms with Crippen LogP contribution in [0.4, 0.5) is 0 Å². The molecule has 22 heavy (non-hydrogen) atoms. The van der Waals surface area contributed by atoms with Crippen LogP contribution < -0.4 is 5.63 Å². The van der Waals surface area contributed by atoms with Crippen molar-refractivity contribution in [1.29, 1.82) is 0 Å². The van der Waals surface area contributed by atoms with E-state index in [0.29, 0.717) is 17.6 Å². The molecule has 0 aliphatic carbocycles. The summed E-state index contributed by atoms with van der Waals surface area (Å²) >= 11 is 0. The average molecular weight is 296 g/mol. The number of allylic oxidation sites excluding steroid dienone is 3. The summed E-state index contributed by atoms with van der Waals surface area (Å²) in [5, 5.41) is 0.913. The van der Waals surface area contributed by atoms with Gasteiger partial charge >= 0.3 is 5.63 Å². The van der Waals surface area contributed by atoms with Crippen molar-refractivity contribution in [2.45, 2.75) is 33.1 Å². The Kier molecular flexibility index (Phi) is 5.10. The third kappa shape index (κ3) is 4.29. The smallest absolute Gasteiger partial charge is 0.336 e. The monoisotopic (exact) mass is 296 g/mol. The van der Waals surface area contributed by atoms with Crippen molar-refractivity contribution in [2.75, 3.05) is 0 Å². The van der Waals surface area contributed by atoms with E-state index in [9.17, 15) is 9.59 Å². The molecule has 0 aliphatic rings. The number of hydrogen-bond acceptors (Lipinski definition) is 3. The van der Waals surface area contributed by atoms with Gasteiger partial charge in [-0.15, -0.1) is 0 Å². The quantitative estimate of drug-likeness (QED) is 0.456. The highest BCUT2D eigenvalue weighted by atomic mass is 16.4. The maximum Gasteiger partial charge on any atom is 0.336 e. The molecular weight excluding hydrogens is 276 g/mol. The van der Waals surface area contributed by atoms with Crippen molar-refractivity contribution in [1.82, 2.24) is 0 Å². The molecule has 0 amide bonds. The Morgan fingerprint density at radius 3 is 2.64 bits per heavy atom. The molecule has 1 aromatic heterocycles. The zero-order valence-electron chi connectivity index (χ0n) is 13.0. The molecular formula is C19H20O3. The summed E-state index contributed by atoms with van der Waals surface area (Å²) in [5.74, 6) is 0.111. The fourth-order valence-corrected chi connectivity index (χ4v) is 2.15. The fourth-order valence-electron chi connectivity index (χ4n) is 2.15. The van der Waals surface area contributed by atoms with Crippen LogP contribution in [0.3, 0.4) is 0 Å². The summed E-state index contributed by atoms with van der Waals surface area (Å²) < 4.78 is 5.18. The van der Waals surface area contributed by atoms with Gasteiger partial charge in [0.25, 0.3) is 0 Å². The molecule has 0 spiro atoms. The van der Waals surface area contributed by atoms with Gasteiger partial charge in [0.2, 0.25) is 0 Å². The highest BCUT2D eigenvalue weighted by Crippen LogP contribution is 2.16. The number of carbonyl (C=O) groups is 1. The Labute approximate surface area is 130 Å². The van der Waals surface area contributed by atoms with Gasteiger partial charge in [-0.3, -0.25) is 4.79 Å². The van der Waals surface area contributed by atoms with Crippen molar-refractivity contribution < 1.29 is 9.21 Å². The largest absolute Gasteiger partial charge is 0.423 e. The fraction of sp³-hybridized carbons (Fsp3) is 0.263. The standard InChI is InChI=1S/C19H20O3/c1-13(2)17(20)10-5-14(3)4-6-15-7-8-16-9-11-19(21)22-18(16)12-15/h4,7-9,11-12H,1,5-6,10H2,2-3H3/b14-4+. The lowest BCUT2D eigenvalue weighted by Gasteiger charge is -2.03. The summed E-state index contributed by atoms with van der Waals surface area (Å²) in [5.41, 5.74) is 3.12. The predicted molar refractivity (Wildman–Crippen MR) is 89.0 cm³/mol. The highest BCUT2D eigenvalue weighted by molar-refractivity contribution is 5.94. The molecule has 1 aromatic carbocycles. The second-order valence-electron chi connectivity index (χ2n) is 5.58. The van der Waals surface area contributed by atoms with Crippen LogP contribution in [0.1, 0.15) is 32.3 Å². The van der Waals surface area contributed by atoms with Crippen molar-refractivity contribution in [3.63, 3.8) is 0 Å². The van der Waals surface area contributed by atoms with E-state index in [2.05, 4.69) is 12.7 Å². The number of hydrogen-bond donors (Lipinski definition) is 0. The Bertz CT molecular complexity index is 794. The molecule has 3 nitrogen and oxygen atoms in total. The second kappa shape index (κ2) is 7.03. The highest BCUT2D eigenvalue weighted by Gasteiger charge is 2.03. The van der Waals surface area contributed by atoms with Crippen molar-refractivity contribution >= 4 is 16.8 Å². The molecule has 3 heteroatoms. The maximum absolute atomic E-state index is 11.5. The number of rotatable bonds is 6. The molecule has 0 saturated heterocycles. The van der Waals surface area contributed by atoms with Crippen LogP contribution >= 0.6 is 0 Å². The van der Waals surface area contributed by atoms with E-state index in [1.807, 2.05) is 25.1 Å². The lowest BCUT2D eigenvalue weighted by molar-refractivity contribution is -0.115. The van der Waals surface area contributed by atoms with E-state index >= 15 is 0 Å². The minimum atomic E-state index is -0.338. The number of Topliss-reactive ketones (excluding diaryl/α,β-unsaturated/α-hetero) is 1. The van der Waals surface area contributed by atoms with Crippen LogP contribution in [0.25, 0.3) is 11.0 Å². The molecule has 0 unspecified atom stereocenters. The normalized spacial score (nSPS) is 11.6. The Balaban J connectivity index is 2.04. The Morgan fingerprint density at radius 2 is 1.91 bits per heavy atom. The average Bonchev–Trinajstić information content (AvgIpc) is 2.49. The minimum Gasteiger partial charge on any atom is -0.423 e. The van der Waals surface area contributed by atoms with Gasteiger partial charge in [0.05, 0.1) is 0 Å². The zero-order chi connectivity index (χ0) is 16.1. The van der Waals surface area contributed by atoms with Gasteiger partial charge in [0.1, 0.15) is 5.58 Å². The maximum atomic E-state index is 11.5. The lowest BCUT2D eigenvalue weighted by Crippen LogP contribution is -1.98. The van der Waals surface area contributed by atoms with E-state index in [4.69, 9.17) is 4.42 Å². The lowest BCUT2D eigenvalue weighted by atomic mass is 10.0. The molecule has 0 atom stereocenters. The number of benzene rings is 1. The molecule has 114 valence electrons. The third-order valence-corrected chi connectivity index (χ3v) is 3.60. The third-order valence-electron chi connectivity index (χ3n) is 3.60. The van der Waals surface area contributed by atoms with Gasteiger partial charge in [-0.25, -0.2) is 4.79 Å². The van der Waals surface area contributed by atoms with Gasteiger partial charge in [0, 0.05) is 17.9 Å². The summed E-state index contributed by atoms with van der Waals surface area (Å²) in [6.07, 6.45) is 4.11. The van der Waals surface area contributed by atoms with Gasteiger partial charge in [-0.2, -0.15) is 0 Å². The Hall–Kier alpha value is -2.42. The molecule has 0 N–H and O–H groups in total. The number of ketones is 1.